The van der Waals surface area contributed by atoms with Crippen LogP contribution in [0.5, 0.6) is 0 Å². The number of aromatic nitrogens is 3. The van der Waals surface area contributed by atoms with E-state index in [4.69, 9.17) is 5.26 Å². The number of hydrogen-bond acceptors (Lipinski definition) is 6. The minimum absolute atomic E-state index is 0.309. The molecule has 0 aliphatic carbocycles. The van der Waals surface area contributed by atoms with Gasteiger partial charge in [-0.25, -0.2) is 15.0 Å². The summed E-state index contributed by atoms with van der Waals surface area (Å²) >= 11 is 0. The zero-order valence-electron chi connectivity index (χ0n) is 15.3. The third-order valence-electron chi connectivity index (χ3n) is 4.32. The molecule has 140 valence electrons. The highest BCUT2D eigenvalue weighted by molar-refractivity contribution is 6.07. The normalized spacial score (nSPS) is 10.3. The molecular weight excluding hydrogens is 364 g/mol. The first-order chi connectivity index (χ1) is 14.2. The van der Waals surface area contributed by atoms with Gasteiger partial charge >= 0.3 is 0 Å². The lowest BCUT2D eigenvalue weighted by Crippen LogP contribution is -2.16. The Morgan fingerprint density at radius 2 is 1.83 bits per heavy atom. The molecule has 0 spiro atoms. The van der Waals surface area contributed by atoms with E-state index >= 15 is 0 Å². The molecular formula is C22H16N6O. The van der Waals surface area contributed by atoms with Crippen LogP contribution < -0.4 is 10.6 Å². The van der Waals surface area contributed by atoms with Gasteiger partial charge in [-0.3, -0.25) is 4.79 Å². The monoisotopic (exact) mass is 380 g/mol. The van der Waals surface area contributed by atoms with Crippen LogP contribution in [0.25, 0.3) is 10.8 Å². The zero-order chi connectivity index (χ0) is 20.1. The summed E-state index contributed by atoms with van der Waals surface area (Å²) in [7, 11) is 0. The topological polar surface area (TPSA) is 104 Å². The number of nitrogens with one attached hydrogen (secondary N) is 2. The molecule has 4 aromatic rings. The van der Waals surface area contributed by atoms with Gasteiger partial charge in [-0.15, -0.1) is 0 Å². The number of fused-ring (bicyclic) bond motifs is 1. The van der Waals surface area contributed by atoms with Gasteiger partial charge in [0.05, 0.1) is 5.56 Å². The first-order valence-electron chi connectivity index (χ1n) is 8.93. The van der Waals surface area contributed by atoms with Crippen LogP contribution in [0, 0.1) is 11.3 Å². The minimum atomic E-state index is -0.309. The maximum absolute atomic E-state index is 12.8. The van der Waals surface area contributed by atoms with Gasteiger partial charge < -0.3 is 10.6 Å². The van der Waals surface area contributed by atoms with Crippen LogP contribution in [0.2, 0.25) is 0 Å². The second kappa shape index (κ2) is 8.15. The van der Waals surface area contributed by atoms with Crippen molar-refractivity contribution in [3.8, 4) is 6.07 Å². The van der Waals surface area contributed by atoms with Crippen molar-refractivity contribution in [2.24, 2.45) is 0 Å². The van der Waals surface area contributed by atoms with E-state index in [1.807, 2.05) is 36.4 Å². The van der Waals surface area contributed by atoms with Crippen LogP contribution in [0.4, 0.5) is 11.6 Å². The highest BCUT2D eigenvalue weighted by Crippen LogP contribution is 2.19. The van der Waals surface area contributed by atoms with Gasteiger partial charge in [0.25, 0.3) is 5.91 Å². The molecule has 1 aromatic carbocycles. The lowest BCUT2D eigenvalue weighted by Gasteiger charge is -2.11. The molecule has 7 heteroatoms. The Bertz CT molecular complexity index is 1230. The van der Waals surface area contributed by atoms with Crippen molar-refractivity contribution in [2.45, 2.75) is 6.54 Å². The Kier molecular flexibility index (Phi) is 5.08. The fraction of sp³-hybridized carbons (Fsp3) is 0.0455. The third-order valence-corrected chi connectivity index (χ3v) is 4.32. The van der Waals surface area contributed by atoms with Crippen LogP contribution in [0.1, 0.15) is 21.6 Å². The number of carbonyl (C=O) groups excluding carboxylic acids is 1. The summed E-state index contributed by atoms with van der Waals surface area (Å²) in [6.07, 6.45) is 4.91. The van der Waals surface area contributed by atoms with Crippen LogP contribution in [-0.2, 0) is 6.54 Å². The molecule has 0 saturated carbocycles. The number of pyridine rings is 3. The van der Waals surface area contributed by atoms with Crippen molar-refractivity contribution in [1.82, 2.24) is 15.0 Å². The summed E-state index contributed by atoms with van der Waals surface area (Å²) in [5.74, 6) is 0.605. The quantitative estimate of drug-likeness (QED) is 0.546. The fourth-order valence-corrected chi connectivity index (χ4v) is 2.90. The van der Waals surface area contributed by atoms with E-state index in [0.29, 0.717) is 29.4 Å². The Hall–Kier alpha value is -4.31. The SMILES string of the molecule is N#Cc1cc(CNc2ncccc2C(=O)Nc2cc3ccccc3cn2)ccn1. The van der Waals surface area contributed by atoms with Crippen molar-refractivity contribution in [2.75, 3.05) is 10.6 Å². The van der Waals surface area contributed by atoms with E-state index in [2.05, 4.69) is 25.6 Å². The first-order valence-corrected chi connectivity index (χ1v) is 8.93. The van der Waals surface area contributed by atoms with E-state index in [1.54, 1.807) is 42.9 Å². The molecule has 0 fully saturated rings. The molecule has 7 nitrogen and oxygen atoms in total. The van der Waals surface area contributed by atoms with E-state index in [-0.39, 0.29) is 5.91 Å². The number of amides is 1. The molecule has 0 radical (unpaired) electrons. The Balaban J connectivity index is 1.52. The maximum Gasteiger partial charge on any atom is 0.260 e. The highest BCUT2D eigenvalue weighted by Gasteiger charge is 2.13. The zero-order valence-corrected chi connectivity index (χ0v) is 15.3. The molecule has 0 unspecified atom stereocenters. The number of carbonyl (C=O) groups is 1. The number of nitrogens with zero attached hydrogens (tertiary/aromatic N) is 4. The van der Waals surface area contributed by atoms with Gasteiger partial charge in [0.2, 0.25) is 0 Å². The third kappa shape index (κ3) is 4.17. The smallest absolute Gasteiger partial charge is 0.260 e. The minimum Gasteiger partial charge on any atom is -0.365 e. The van der Waals surface area contributed by atoms with E-state index in [1.165, 1.54) is 0 Å². The summed E-state index contributed by atoms with van der Waals surface area (Å²) in [4.78, 5) is 25.3. The van der Waals surface area contributed by atoms with Crippen molar-refractivity contribution in [3.63, 3.8) is 0 Å². The predicted octanol–water partition coefficient (Wildman–Crippen LogP) is 3.76. The van der Waals surface area contributed by atoms with Gasteiger partial charge in [0.1, 0.15) is 23.4 Å². The number of hydrogen-bond donors (Lipinski definition) is 2. The number of nitriles is 1. The van der Waals surface area contributed by atoms with Gasteiger partial charge in [0, 0.05) is 30.5 Å². The van der Waals surface area contributed by atoms with E-state index in [9.17, 15) is 4.79 Å². The first kappa shape index (κ1) is 18.1. The molecule has 0 aliphatic rings. The van der Waals surface area contributed by atoms with Crippen molar-refractivity contribution in [3.05, 3.63) is 90.0 Å². The van der Waals surface area contributed by atoms with Crippen LogP contribution >= 0.6 is 0 Å². The second-order valence-corrected chi connectivity index (χ2v) is 6.29. The van der Waals surface area contributed by atoms with Crippen LogP contribution in [-0.4, -0.2) is 20.9 Å². The molecule has 3 aromatic heterocycles. The molecule has 2 N–H and O–H groups in total. The van der Waals surface area contributed by atoms with Gasteiger partial charge in [-0.05, 0) is 41.3 Å². The Morgan fingerprint density at radius 1 is 0.966 bits per heavy atom. The molecule has 0 bridgehead atoms. The van der Waals surface area contributed by atoms with Crippen LogP contribution in [0.3, 0.4) is 0 Å². The average molecular weight is 380 g/mol. The van der Waals surface area contributed by atoms with E-state index < -0.39 is 0 Å². The Morgan fingerprint density at radius 3 is 2.69 bits per heavy atom. The summed E-state index contributed by atoms with van der Waals surface area (Å²) in [5.41, 5.74) is 1.60. The molecule has 29 heavy (non-hydrogen) atoms. The second-order valence-electron chi connectivity index (χ2n) is 6.29. The fourth-order valence-electron chi connectivity index (χ4n) is 2.90. The summed E-state index contributed by atoms with van der Waals surface area (Å²) in [6.45, 7) is 0.405. The summed E-state index contributed by atoms with van der Waals surface area (Å²) in [6, 6.07) is 18.5. The number of benzene rings is 1. The van der Waals surface area contributed by atoms with Crippen molar-refractivity contribution < 1.29 is 4.79 Å². The largest absolute Gasteiger partial charge is 0.365 e. The van der Waals surface area contributed by atoms with E-state index in [0.717, 1.165) is 16.3 Å². The van der Waals surface area contributed by atoms with Crippen molar-refractivity contribution >= 4 is 28.3 Å². The number of rotatable bonds is 5. The lowest BCUT2D eigenvalue weighted by molar-refractivity contribution is 0.102. The maximum atomic E-state index is 12.8. The molecule has 3 heterocycles. The summed E-state index contributed by atoms with van der Waals surface area (Å²) < 4.78 is 0. The number of anilines is 2. The predicted molar refractivity (Wildman–Crippen MR) is 110 cm³/mol. The van der Waals surface area contributed by atoms with Crippen LogP contribution in [0.15, 0.2) is 73.2 Å². The Labute approximate surface area is 167 Å². The lowest BCUT2D eigenvalue weighted by atomic mass is 10.2. The van der Waals surface area contributed by atoms with Gasteiger partial charge in [-0.2, -0.15) is 5.26 Å². The molecule has 1 amide bonds. The highest BCUT2D eigenvalue weighted by atomic mass is 16.1. The standard InChI is InChI=1S/C22H16N6O/c23-12-18-10-15(7-9-24-18)13-27-21-19(6-3-8-25-21)22(29)28-20-11-16-4-1-2-5-17(16)14-26-20/h1-11,14H,13H2,(H,25,27)(H,26,28,29). The molecule has 4 rings (SSSR count). The summed E-state index contributed by atoms with van der Waals surface area (Å²) in [5, 5.41) is 16.9. The average Bonchev–Trinajstić information content (AvgIpc) is 2.78. The van der Waals surface area contributed by atoms with Gasteiger partial charge in [-0.1, -0.05) is 24.3 Å². The molecule has 0 saturated heterocycles. The molecule has 0 aliphatic heterocycles. The van der Waals surface area contributed by atoms with Crippen molar-refractivity contribution in [1.29, 1.82) is 5.26 Å². The molecule has 0 atom stereocenters. The van der Waals surface area contributed by atoms with Gasteiger partial charge in [0.15, 0.2) is 0 Å².